The fraction of sp³-hybridized carbons (Fsp3) is 0.556. The van der Waals surface area contributed by atoms with Crippen LogP contribution in [-0.4, -0.2) is 35.7 Å². The molecule has 1 amide bonds. The van der Waals surface area contributed by atoms with E-state index in [-0.39, 0.29) is 30.1 Å². The average molecular weight is 337 g/mol. The highest BCUT2D eigenvalue weighted by atomic mass is 35.5. The number of ketones is 1. The van der Waals surface area contributed by atoms with Gasteiger partial charge in [-0.15, -0.1) is 12.4 Å². The molecule has 3 rings (SSSR count). The number of carbonyl (C=O) groups is 2. The fourth-order valence-corrected chi connectivity index (χ4v) is 3.50. The van der Waals surface area contributed by atoms with Gasteiger partial charge < -0.3 is 10.6 Å². The smallest absolute Gasteiger partial charge is 0.223 e. The van der Waals surface area contributed by atoms with Gasteiger partial charge in [0.05, 0.1) is 0 Å². The molecule has 4 nitrogen and oxygen atoms in total. The quantitative estimate of drug-likeness (QED) is 0.859. The van der Waals surface area contributed by atoms with E-state index in [1.165, 1.54) is 17.5 Å². The lowest BCUT2D eigenvalue weighted by Gasteiger charge is -2.30. The van der Waals surface area contributed by atoms with Crippen molar-refractivity contribution in [2.24, 2.45) is 5.73 Å². The van der Waals surface area contributed by atoms with Gasteiger partial charge in [0.25, 0.3) is 0 Å². The first-order chi connectivity index (χ1) is 10.6. The molecule has 1 aromatic carbocycles. The number of fused-ring (bicyclic) bond motifs is 1. The number of piperidine rings is 1. The summed E-state index contributed by atoms with van der Waals surface area (Å²) in [7, 11) is 0. The van der Waals surface area contributed by atoms with Crippen molar-refractivity contribution in [2.45, 2.75) is 51.0 Å². The maximum atomic E-state index is 12.3. The third-order valence-corrected chi connectivity index (χ3v) is 4.80. The number of carbonyl (C=O) groups excluding carboxylic acids is 2. The minimum atomic E-state index is 0. The monoisotopic (exact) mass is 336 g/mol. The third-order valence-electron chi connectivity index (χ3n) is 4.80. The Morgan fingerprint density at radius 1 is 1.13 bits per heavy atom. The van der Waals surface area contributed by atoms with E-state index in [2.05, 4.69) is 6.07 Å². The van der Waals surface area contributed by atoms with Crippen molar-refractivity contribution >= 4 is 24.1 Å². The van der Waals surface area contributed by atoms with Crippen molar-refractivity contribution in [3.63, 3.8) is 0 Å². The summed E-state index contributed by atoms with van der Waals surface area (Å²) < 4.78 is 0. The Bertz CT molecular complexity index is 588. The zero-order chi connectivity index (χ0) is 15.5. The number of benzene rings is 1. The van der Waals surface area contributed by atoms with Gasteiger partial charge in [0.15, 0.2) is 5.78 Å². The average Bonchev–Trinajstić information content (AvgIpc) is 2.99. The van der Waals surface area contributed by atoms with Crippen molar-refractivity contribution in [3.8, 4) is 0 Å². The lowest BCUT2D eigenvalue weighted by atomic mass is 10.0. The lowest BCUT2D eigenvalue weighted by molar-refractivity contribution is -0.132. The summed E-state index contributed by atoms with van der Waals surface area (Å²) in [6.07, 6.45) is 5.91. The van der Waals surface area contributed by atoms with E-state index < -0.39 is 0 Å². The standard InChI is InChI=1S/C18H24N2O2.ClH/c19-16-5-2-10-20(12-16)18(22)9-8-17(21)15-7-6-13-3-1-4-14(13)11-15;/h6-7,11,16H,1-5,8-10,12,19H2;1H. The molecule has 0 aromatic heterocycles. The van der Waals surface area contributed by atoms with Crippen LogP contribution >= 0.6 is 12.4 Å². The van der Waals surface area contributed by atoms with E-state index in [9.17, 15) is 9.59 Å². The Balaban J connectivity index is 0.00000192. The Morgan fingerprint density at radius 2 is 1.91 bits per heavy atom. The Labute approximate surface area is 143 Å². The van der Waals surface area contributed by atoms with E-state index in [0.29, 0.717) is 19.4 Å². The number of likely N-dealkylation sites (tertiary alicyclic amines) is 1. The molecule has 2 N–H and O–H groups in total. The molecule has 1 heterocycles. The number of hydrogen-bond donors (Lipinski definition) is 1. The highest BCUT2D eigenvalue weighted by molar-refractivity contribution is 5.98. The van der Waals surface area contributed by atoms with Gasteiger partial charge in [-0.1, -0.05) is 12.1 Å². The van der Waals surface area contributed by atoms with Crippen LogP contribution in [0.2, 0.25) is 0 Å². The van der Waals surface area contributed by atoms with Crippen LogP contribution in [0.4, 0.5) is 0 Å². The van der Waals surface area contributed by atoms with Crippen LogP contribution in [0.15, 0.2) is 18.2 Å². The predicted molar refractivity (Wildman–Crippen MR) is 93.1 cm³/mol. The molecule has 0 bridgehead atoms. The largest absolute Gasteiger partial charge is 0.341 e. The summed E-state index contributed by atoms with van der Waals surface area (Å²) >= 11 is 0. The molecule has 0 spiro atoms. The molecular weight excluding hydrogens is 312 g/mol. The van der Waals surface area contributed by atoms with E-state index in [4.69, 9.17) is 5.73 Å². The molecular formula is C18H25ClN2O2. The minimum Gasteiger partial charge on any atom is -0.341 e. The van der Waals surface area contributed by atoms with E-state index >= 15 is 0 Å². The summed E-state index contributed by atoms with van der Waals surface area (Å²) in [6.45, 7) is 1.41. The number of aryl methyl sites for hydroxylation is 2. The van der Waals surface area contributed by atoms with Gasteiger partial charge in [-0.05, 0) is 49.3 Å². The van der Waals surface area contributed by atoms with Crippen LogP contribution in [0.1, 0.15) is 53.6 Å². The summed E-state index contributed by atoms with van der Waals surface area (Å²) in [5.74, 6) is 0.133. The number of rotatable bonds is 4. The normalized spacial score (nSPS) is 19.9. The summed E-state index contributed by atoms with van der Waals surface area (Å²) in [5.41, 5.74) is 9.33. The molecule has 1 aromatic rings. The first kappa shape index (κ1) is 18.0. The van der Waals surface area contributed by atoms with Gasteiger partial charge >= 0.3 is 0 Å². The van der Waals surface area contributed by atoms with Crippen LogP contribution in [-0.2, 0) is 17.6 Å². The highest BCUT2D eigenvalue weighted by Gasteiger charge is 2.22. The number of nitrogens with two attached hydrogens (primary N) is 1. The first-order valence-electron chi connectivity index (χ1n) is 8.32. The summed E-state index contributed by atoms with van der Waals surface area (Å²) in [6, 6.07) is 6.09. The second kappa shape index (κ2) is 7.93. The summed E-state index contributed by atoms with van der Waals surface area (Å²) in [4.78, 5) is 26.3. The number of hydrogen-bond acceptors (Lipinski definition) is 3. The van der Waals surface area contributed by atoms with Crippen molar-refractivity contribution in [1.82, 2.24) is 4.90 Å². The van der Waals surface area contributed by atoms with Gasteiger partial charge in [0.2, 0.25) is 5.91 Å². The van der Waals surface area contributed by atoms with Crippen LogP contribution in [0.25, 0.3) is 0 Å². The lowest BCUT2D eigenvalue weighted by Crippen LogP contribution is -2.45. The van der Waals surface area contributed by atoms with Gasteiger partial charge in [-0.3, -0.25) is 9.59 Å². The summed E-state index contributed by atoms with van der Waals surface area (Å²) in [5, 5.41) is 0. The molecule has 1 saturated heterocycles. The number of Topliss-reactive ketones (excluding diaryl/α,β-unsaturated/α-hetero) is 1. The molecule has 23 heavy (non-hydrogen) atoms. The zero-order valence-electron chi connectivity index (χ0n) is 13.4. The molecule has 1 aliphatic heterocycles. The number of amides is 1. The van der Waals surface area contributed by atoms with Crippen LogP contribution in [0.3, 0.4) is 0 Å². The molecule has 1 atom stereocenters. The van der Waals surface area contributed by atoms with Gasteiger partial charge in [-0.25, -0.2) is 0 Å². The van der Waals surface area contributed by atoms with E-state index in [1.54, 1.807) is 0 Å². The molecule has 1 unspecified atom stereocenters. The predicted octanol–water partition coefficient (Wildman–Crippen LogP) is 2.51. The molecule has 1 aliphatic carbocycles. The SMILES string of the molecule is Cl.NC1CCCN(C(=O)CCC(=O)c2ccc3c(c2)CCC3)C1. The first-order valence-corrected chi connectivity index (χ1v) is 8.32. The maximum Gasteiger partial charge on any atom is 0.223 e. The third kappa shape index (κ3) is 4.33. The number of halogens is 1. The van der Waals surface area contributed by atoms with Crippen LogP contribution in [0.5, 0.6) is 0 Å². The molecule has 2 aliphatic rings. The van der Waals surface area contributed by atoms with Crippen LogP contribution < -0.4 is 5.73 Å². The van der Waals surface area contributed by atoms with Crippen molar-refractivity contribution in [2.75, 3.05) is 13.1 Å². The van der Waals surface area contributed by atoms with Gasteiger partial charge in [0, 0.05) is 37.5 Å². The molecule has 1 fully saturated rings. The minimum absolute atomic E-state index is 0. The molecule has 0 saturated carbocycles. The highest BCUT2D eigenvalue weighted by Crippen LogP contribution is 2.23. The fourth-order valence-electron chi connectivity index (χ4n) is 3.50. The zero-order valence-corrected chi connectivity index (χ0v) is 14.2. The molecule has 0 radical (unpaired) electrons. The second-order valence-corrected chi connectivity index (χ2v) is 6.50. The molecule has 126 valence electrons. The number of nitrogens with zero attached hydrogens (tertiary/aromatic N) is 1. The van der Waals surface area contributed by atoms with Crippen molar-refractivity contribution in [1.29, 1.82) is 0 Å². The Morgan fingerprint density at radius 3 is 2.70 bits per heavy atom. The van der Waals surface area contributed by atoms with E-state index in [0.717, 1.165) is 37.8 Å². The van der Waals surface area contributed by atoms with Crippen molar-refractivity contribution < 1.29 is 9.59 Å². The van der Waals surface area contributed by atoms with Crippen molar-refractivity contribution in [3.05, 3.63) is 34.9 Å². The Hall–Kier alpha value is -1.39. The topological polar surface area (TPSA) is 63.4 Å². The van der Waals surface area contributed by atoms with Gasteiger partial charge in [0.1, 0.15) is 0 Å². The Kier molecular flexibility index (Phi) is 6.19. The maximum absolute atomic E-state index is 12.3. The van der Waals surface area contributed by atoms with E-state index in [1.807, 2.05) is 17.0 Å². The second-order valence-electron chi connectivity index (χ2n) is 6.50. The molecule has 5 heteroatoms. The van der Waals surface area contributed by atoms with Gasteiger partial charge in [-0.2, -0.15) is 0 Å². The van der Waals surface area contributed by atoms with Crippen LogP contribution in [0, 0.1) is 0 Å².